The Morgan fingerprint density at radius 1 is 1.07 bits per heavy atom. The molecule has 3 aromatic heterocycles. The van der Waals surface area contributed by atoms with Gasteiger partial charge in [0.15, 0.2) is 0 Å². The van der Waals surface area contributed by atoms with Crippen molar-refractivity contribution in [1.82, 2.24) is 35.6 Å². The van der Waals surface area contributed by atoms with E-state index in [4.69, 9.17) is 4.74 Å². The van der Waals surface area contributed by atoms with E-state index in [1.807, 2.05) is 36.4 Å². The van der Waals surface area contributed by atoms with Crippen LogP contribution < -0.4 is 15.4 Å². The lowest BCUT2D eigenvalue weighted by molar-refractivity contribution is 0.407. The van der Waals surface area contributed by atoms with E-state index in [9.17, 15) is 0 Å². The first-order chi connectivity index (χ1) is 14.7. The van der Waals surface area contributed by atoms with E-state index in [-0.39, 0.29) is 5.92 Å². The Morgan fingerprint density at radius 3 is 2.73 bits per heavy atom. The average Bonchev–Trinajstić information content (AvgIpc) is 3.31. The Kier molecular flexibility index (Phi) is 5.74. The minimum absolute atomic E-state index is 0.247. The predicted molar refractivity (Wildman–Crippen MR) is 113 cm³/mol. The highest BCUT2D eigenvalue weighted by Crippen LogP contribution is 2.26. The van der Waals surface area contributed by atoms with Crippen molar-refractivity contribution in [1.29, 1.82) is 0 Å². The fourth-order valence-corrected chi connectivity index (χ4v) is 3.00. The molecule has 0 bridgehead atoms. The molecular weight excluding hydrogens is 382 g/mol. The number of benzene rings is 1. The molecule has 152 valence electrons. The van der Waals surface area contributed by atoms with Gasteiger partial charge in [0.2, 0.25) is 0 Å². The van der Waals surface area contributed by atoms with Gasteiger partial charge in [-0.25, -0.2) is 15.0 Å². The number of hydrogen-bond acceptors (Lipinski definition) is 9. The van der Waals surface area contributed by atoms with Gasteiger partial charge in [-0.15, -0.1) is 5.10 Å². The molecule has 10 nitrogen and oxygen atoms in total. The molecule has 30 heavy (non-hydrogen) atoms. The largest absolute Gasteiger partial charge is 0.496 e. The zero-order valence-corrected chi connectivity index (χ0v) is 16.6. The molecule has 1 aromatic carbocycles. The van der Waals surface area contributed by atoms with Crippen LogP contribution in [0.4, 0.5) is 17.6 Å². The number of pyridine rings is 1. The number of rotatable bonds is 8. The zero-order chi connectivity index (χ0) is 20.8. The fraction of sp³-hybridized carbons (Fsp3) is 0.200. The van der Waals surface area contributed by atoms with E-state index in [0.717, 1.165) is 28.4 Å². The lowest BCUT2D eigenvalue weighted by atomic mass is 10.00. The number of aromatic nitrogens is 7. The number of methoxy groups -OCH3 is 1. The third kappa shape index (κ3) is 4.49. The Bertz CT molecular complexity index is 1080. The summed E-state index contributed by atoms with van der Waals surface area (Å²) in [6.45, 7) is 2.86. The summed E-state index contributed by atoms with van der Waals surface area (Å²) in [7, 11) is 1.69. The van der Waals surface area contributed by atoms with Crippen molar-refractivity contribution < 1.29 is 4.74 Å². The van der Waals surface area contributed by atoms with Crippen LogP contribution in [0, 0.1) is 0 Å². The van der Waals surface area contributed by atoms with Crippen molar-refractivity contribution in [2.75, 3.05) is 24.3 Å². The van der Waals surface area contributed by atoms with Crippen LogP contribution in [0.3, 0.4) is 0 Å². The molecule has 1 atom stereocenters. The van der Waals surface area contributed by atoms with Gasteiger partial charge in [-0.2, -0.15) is 5.21 Å². The molecule has 0 aliphatic carbocycles. The Balaban J connectivity index is 1.42. The normalized spacial score (nSPS) is 11.7. The van der Waals surface area contributed by atoms with Gasteiger partial charge in [-0.1, -0.05) is 30.2 Å². The molecular formula is C20H21N9O. The monoisotopic (exact) mass is 403 g/mol. The number of para-hydroxylation sites is 1. The molecule has 0 aliphatic heterocycles. The summed E-state index contributed by atoms with van der Waals surface area (Å²) in [6, 6.07) is 13.7. The molecule has 0 fully saturated rings. The molecule has 1 unspecified atom stereocenters. The van der Waals surface area contributed by atoms with Crippen LogP contribution >= 0.6 is 0 Å². The fourth-order valence-electron chi connectivity index (χ4n) is 3.00. The number of anilines is 3. The van der Waals surface area contributed by atoms with Gasteiger partial charge in [0.25, 0.3) is 5.95 Å². The quantitative estimate of drug-likeness (QED) is 0.407. The summed E-state index contributed by atoms with van der Waals surface area (Å²) >= 11 is 0. The van der Waals surface area contributed by atoms with E-state index < -0.39 is 0 Å². The molecule has 0 amide bonds. The van der Waals surface area contributed by atoms with Crippen molar-refractivity contribution in [2.45, 2.75) is 12.8 Å². The van der Waals surface area contributed by atoms with E-state index in [1.165, 1.54) is 6.33 Å². The smallest absolute Gasteiger partial charge is 0.268 e. The van der Waals surface area contributed by atoms with Gasteiger partial charge in [0, 0.05) is 30.3 Å². The lowest BCUT2D eigenvalue weighted by Crippen LogP contribution is -2.12. The molecule has 3 N–H and O–H groups in total. The maximum absolute atomic E-state index is 5.46. The number of nitrogens with zero attached hydrogens (tertiary/aromatic N) is 6. The van der Waals surface area contributed by atoms with Gasteiger partial charge >= 0.3 is 0 Å². The number of aromatic amines is 1. The van der Waals surface area contributed by atoms with Crippen LogP contribution in [0.15, 0.2) is 55.0 Å². The molecule has 0 saturated heterocycles. The van der Waals surface area contributed by atoms with Crippen molar-refractivity contribution in [2.24, 2.45) is 0 Å². The highest BCUT2D eigenvalue weighted by Gasteiger charge is 2.11. The van der Waals surface area contributed by atoms with Gasteiger partial charge in [-0.3, -0.25) is 0 Å². The third-order valence-corrected chi connectivity index (χ3v) is 4.57. The predicted octanol–water partition coefficient (Wildman–Crippen LogP) is 3.02. The van der Waals surface area contributed by atoms with Crippen molar-refractivity contribution >= 4 is 17.6 Å². The molecule has 0 radical (unpaired) electrons. The SMILES string of the molecule is COc1ccccc1C(C)CNc1cc(-c2ccc(Nc3nn[nH]n3)nc2)ncn1. The summed E-state index contributed by atoms with van der Waals surface area (Å²) in [6.07, 6.45) is 3.27. The molecule has 4 rings (SSSR count). The second kappa shape index (κ2) is 8.95. The van der Waals surface area contributed by atoms with Crippen LogP contribution in [0.25, 0.3) is 11.3 Å². The third-order valence-electron chi connectivity index (χ3n) is 4.57. The standard InChI is InChI=1S/C20H21N9O/c1-13(15-5-3-4-6-17(15)30-2)10-21-19-9-16(23-12-24-19)14-7-8-18(22-11-14)25-20-26-28-29-27-20/h3-9,11-13H,10H2,1-2H3,(H,21,23,24)(H2,22,25,26,27,28,29). The Labute approximate surface area is 173 Å². The Morgan fingerprint density at radius 2 is 1.97 bits per heavy atom. The van der Waals surface area contributed by atoms with Crippen LogP contribution in [0.5, 0.6) is 5.75 Å². The molecule has 3 heterocycles. The molecule has 10 heteroatoms. The lowest BCUT2D eigenvalue weighted by Gasteiger charge is -2.16. The second-order valence-electron chi connectivity index (χ2n) is 6.60. The highest BCUT2D eigenvalue weighted by molar-refractivity contribution is 5.63. The molecule has 0 spiro atoms. The number of H-pyrrole nitrogens is 1. The van der Waals surface area contributed by atoms with E-state index in [0.29, 0.717) is 18.3 Å². The first-order valence-corrected chi connectivity index (χ1v) is 9.38. The minimum atomic E-state index is 0.247. The minimum Gasteiger partial charge on any atom is -0.496 e. The maximum Gasteiger partial charge on any atom is 0.268 e. The van der Waals surface area contributed by atoms with Gasteiger partial charge in [-0.05, 0) is 29.0 Å². The molecule has 0 aliphatic rings. The van der Waals surface area contributed by atoms with Crippen LogP contribution in [0.1, 0.15) is 18.4 Å². The van der Waals surface area contributed by atoms with Gasteiger partial charge < -0.3 is 15.4 Å². The Hall–Kier alpha value is -4.08. The number of tetrazole rings is 1. The first kappa shape index (κ1) is 19.2. The zero-order valence-electron chi connectivity index (χ0n) is 16.6. The van der Waals surface area contributed by atoms with Crippen molar-refractivity contribution in [3.05, 3.63) is 60.6 Å². The highest BCUT2D eigenvalue weighted by atomic mass is 16.5. The summed E-state index contributed by atoms with van der Waals surface area (Å²) in [5, 5.41) is 19.9. The summed E-state index contributed by atoms with van der Waals surface area (Å²) in [4.78, 5) is 13.0. The molecule has 0 saturated carbocycles. The van der Waals surface area contributed by atoms with Gasteiger partial charge in [0.1, 0.15) is 23.7 Å². The summed E-state index contributed by atoms with van der Waals surface area (Å²) in [5.41, 5.74) is 2.80. The molecule has 4 aromatic rings. The topological polar surface area (TPSA) is 126 Å². The van der Waals surface area contributed by atoms with Crippen molar-refractivity contribution in [3.8, 4) is 17.0 Å². The van der Waals surface area contributed by atoms with Crippen LogP contribution in [-0.4, -0.2) is 49.2 Å². The number of nitrogens with one attached hydrogen (secondary N) is 3. The van der Waals surface area contributed by atoms with Crippen LogP contribution in [-0.2, 0) is 0 Å². The summed E-state index contributed by atoms with van der Waals surface area (Å²) < 4.78 is 5.46. The van der Waals surface area contributed by atoms with Crippen LogP contribution in [0.2, 0.25) is 0 Å². The van der Waals surface area contributed by atoms with E-state index in [2.05, 4.69) is 59.2 Å². The van der Waals surface area contributed by atoms with Gasteiger partial charge in [0.05, 0.1) is 12.8 Å². The number of hydrogen-bond donors (Lipinski definition) is 3. The van der Waals surface area contributed by atoms with Crippen molar-refractivity contribution in [3.63, 3.8) is 0 Å². The van der Waals surface area contributed by atoms with E-state index in [1.54, 1.807) is 13.3 Å². The summed E-state index contributed by atoms with van der Waals surface area (Å²) in [5.74, 6) is 2.84. The first-order valence-electron chi connectivity index (χ1n) is 9.38. The average molecular weight is 403 g/mol. The second-order valence-corrected chi connectivity index (χ2v) is 6.60. The number of ether oxygens (including phenoxy) is 1. The van der Waals surface area contributed by atoms with E-state index >= 15 is 0 Å². The maximum atomic E-state index is 5.46.